The standard InChI is InChI=1S/C7H11ClN2OS/c1-3-5(8)7-9-6(4-12-2)11-10-7/h5H,3-4H2,1-2H3. The Hall–Kier alpha value is -0.220. The molecular weight excluding hydrogens is 196 g/mol. The van der Waals surface area contributed by atoms with Crippen molar-refractivity contribution < 1.29 is 4.52 Å². The Morgan fingerprint density at radius 3 is 3.00 bits per heavy atom. The second-order valence-electron chi connectivity index (χ2n) is 2.36. The molecule has 0 aliphatic carbocycles. The van der Waals surface area contributed by atoms with Gasteiger partial charge in [-0.3, -0.25) is 0 Å². The van der Waals surface area contributed by atoms with E-state index < -0.39 is 0 Å². The molecule has 1 aromatic rings. The van der Waals surface area contributed by atoms with Crippen LogP contribution in [0.5, 0.6) is 0 Å². The number of aromatic nitrogens is 2. The Morgan fingerprint density at radius 1 is 1.67 bits per heavy atom. The molecule has 1 atom stereocenters. The molecule has 0 fully saturated rings. The first-order valence-electron chi connectivity index (χ1n) is 3.73. The molecule has 12 heavy (non-hydrogen) atoms. The monoisotopic (exact) mass is 206 g/mol. The average Bonchev–Trinajstić information content (AvgIpc) is 2.52. The van der Waals surface area contributed by atoms with Crippen LogP contribution >= 0.6 is 23.4 Å². The average molecular weight is 207 g/mol. The van der Waals surface area contributed by atoms with E-state index in [9.17, 15) is 0 Å². The van der Waals surface area contributed by atoms with Crippen molar-refractivity contribution in [2.75, 3.05) is 6.26 Å². The SMILES string of the molecule is CCC(Cl)c1noc(CSC)n1. The molecule has 1 heterocycles. The maximum atomic E-state index is 5.91. The van der Waals surface area contributed by atoms with E-state index in [1.54, 1.807) is 11.8 Å². The number of alkyl halides is 1. The van der Waals surface area contributed by atoms with Gasteiger partial charge >= 0.3 is 0 Å². The molecule has 0 saturated heterocycles. The summed E-state index contributed by atoms with van der Waals surface area (Å²) in [6, 6.07) is 0. The van der Waals surface area contributed by atoms with Crippen molar-refractivity contribution >= 4 is 23.4 Å². The van der Waals surface area contributed by atoms with Crippen molar-refractivity contribution in [3.63, 3.8) is 0 Å². The van der Waals surface area contributed by atoms with Gasteiger partial charge in [-0.25, -0.2) is 0 Å². The summed E-state index contributed by atoms with van der Waals surface area (Å²) in [6.07, 6.45) is 2.81. The molecule has 3 nitrogen and oxygen atoms in total. The molecule has 0 bridgehead atoms. The molecule has 5 heteroatoms. The van der Waals surface area contributed by atoms with E-state index in [1.165, 1.54) is 0 Å². The van der Waals surface area contributed by atoms with Crippen LogP contribution in [0.1, 0.15) is 30.4 Å². The van der Waals surface area contributed by atoms with Crippen molar-refractivity contribution in [2.24, 2.45) is 0 Å². The molecule has 0 aromatic carbocycles. The lowest BCUT2D eigenvalue weighted by Crippen LogP contribution is -1.91. The zero-order chi connectivity index (χ0) is 8.97. The highest BCUT2D eigenvalue weighted by Crippen LogP contribution is 2.21. The van der Waals surface area contributed by atoms with Crippen LogP contribution in [0.25, 0.3) is 0 Å². The molecule has 68 valence electrons. The highest BCUT2D eigenvalue weighted by molar-refractivity contribution is 7.97. The number of halogens is 1. The van der Waals surface area contributed by atoms with Crippen molar-refractivity contribution in [2.45, 2.75) is 24.5 Å². The summed E-state index contributed by atoms with van der Waals surface area (Å²) < 4.78 is 4.96. The maximum Gasteiger partial charge on any atom is 0.236 e. The number of hydrogen-bond acceptors (Lipinski definition) is 4. The minimum Gasteiger partial charge on any atom is -0.338 e. The maximum absolute atomic E-state index is 5.91. The van der Waals surface area contributed by atoms with Crippen molar-refractivity contribution in [3.8, 4) is 0 Å². The molecule has 1 aromatic heterocycles. The van der Waals surface area contributed by atoms with E-state index >= 15 is 0 Å². The topological polar surface area (TPSA) is 38.9 Å². The predicted octanol–water partition coefficient (Wildman–Crippen LogP) is 2.62. The van der Waals surface area contributed by atoms with Gasteiger partial charge in [0.2, 0.25) is 5.89 Å². The second-order valence-corrected chi connectivity index (χ2v) is 3.75. The Balaban J connectivity index is 2.63. The van der Waals surface area contributed by atoms with E-state index in [-0.39, 0.29) is 5.38 Å². The Bertz CT molecular complexity index is 241. The van der Waals surface area contributed by atoms with Gasteiger partial charge < -0.3 is 4.52 Å². The van der Waals surface area contributed by atoms with E-state index in [2.05, 4.69) is 10.1 Å². The van der Waals surface area contributed by atoms with Crippen LogP contribution in [0.2, 0.25) is 0 Å². The van der Waals surface area contributed by atoms with Gasteiger partial charge in [0.1, 0.15) is 0 Å². The fourth-order valence-corrected chi connectivity index (χ4v) is 1.21. The third kappa shape index (κ3) is 2.38. The first-order chi connectivity index (χ1) is 5.77. The molecule has 1 unspecified atom stereocenters. The highest BCUT2D eigenvalue weighted by atomic mass is 35.5. The quantitative estimate of drug-likeness (QED) is 0.710. The smallest absolute Gasteiger partial charge is 0.236 e. The lowest BCUT2D eigenvalue weighted by molar-refractivity contribution is 0.384. The summed E-state index contributed by atoms with van der Waals surface area (Å²) in [5.41, 5.74) is 0. The Morgan fingerprint density at radius 2 is 2.42 bits per heavy atom. The molecule has 0 N–H and O–H groups in total. The predicted molar refractivity (Wildman–Crippen MR) is 50.4 cm³/mol. The zero-order valence-electron chi connectivity index (χ0n) is 7.08. The summed E-state index contributed by atoms with van der Waals surface area (Å²) in [5, 5.41) is 3.65. The van der Waals surface area contributed by atoms with E-state index in [0.29, 0.717) is 11.7 Å². The van der Waals surface area contributed by atoms with Gasteiger partial charge in [-0.2, -0.15) is 16.7 Å². The summed E-state index contributed by atoms with van der Waals surface area (Å²) >= 11 is 7.56. The van der Waals surface area contributed by atoms with Gasteiger partial charge in [0.15, 0.2) is 5.82 Å². The third-order valence-electron chi connectivity index (χ3n) is 1.39. The van der Waals surface area contributed by atoms with Gasteiger partial charge in [-0.15, -0.1) is 11.6 Å². The van der Waals surface area contributed by atoms with Crippen LogP contribution in [0.4, 0.5) is 0 Å². The highest BCUT2D eigenvalue weighted by Gasteiger charge is 2.12. The fourth-order valence-electron chi connectivity index (χ4n) is 0.760. The molecule has 0 saturated carbocycles. The van der Waals surface area contributed by atoms with Crippen molar-refractivity contribution in [3.05, 3.63) is 11.7 Å². The summed E-state index contributed by atoms with van der Waals surface area (Å²) in [5.74, 6) is 2.00. The molecule has 0 aliphatic heterocycles. The molecule has 0 spiro atoms. The van der Waals surface area contributed by atoms with Gasteiger partial charge in [-0.1, -0.05) is 12.1 Å². The number of hydrogen-bond donors (Lipinski definition) is 0. The van der Waals surface area contributed by atoms with E-state index in [1.807, 2.05) is 13.2 Å². The minimum absolute atomic E-state index is 0.121. The van der Waals surface area contributed by atoms with E-state index in [4.69, 9.17) is 16.1 Å². The van der Waals surface area contributed by atoms with Crippen LogP contribution < -0.4 is 0 Å². The van der Waals surface area contributed by atoms with Crippen LogP contribution in [0.3, 0.4) is 0 Å². The van der Waals surface area contributed by atoms with Gasteiger partial charge in [0.25, 0.3) is 0 Å². The first kappa shape index (κ1) is 9.86. The summed E-state index contributed by atoms with van der Waals surface area (Å²) in [4.78, 5) is 4.14. The summed E-state index contributed by atoms with van der Waals surface area (Å²) in [7, 11) is 0. The molecular formula is C7H11ClN2OS. The number of thioether (sulfide) groups is 1. The number of rotatable bonds is 4. The van der Waals surface area contributed by atoms with Crippen LogP contribution in [0, 0.1) is 0 Å². The van der Waals surface area contributed by atoms with Crippen molar-refractivity contribution in [1.82, 2.24) is 10.1 Å². The Labute approximate surface area is 80.9 Å². The normalized spacial score (nSPS) is 13.2. The van der Waals surface area contributed by atoms with Gasteiger partial charge in [0.05, 0.1) is 11.1 Å². The molecule has 0 aliphatic rings. The Kier molecular flexibility index (Phi) is 3.88. The zero-order valence-corrected chi connectivity index (χ0v) is 8.65. The largest absolute Gasteiger partial charge is 0.338 e. The second kappa shape index (κ2) is 4.72. The van der Waals surface area contributed by atoms with Crippen LogP contribution in [0.15, 0.2) is 4.52 Å². The molecule has 0 amide bonds. The number of nitrogens with zero attached hydrogens (tertiary/aromatic N) is 2. The van der Waals surface area contributed by atoms with Crippen molar-refractivity contribution in [1.29, 1.82) is 0 Å². The lowest BCUT2D eigenvalue weighted by Gasteiger charge is -1.95. The van der Waals surface area contributed by atoms with Gasteiger partial charge in [-0.05, 0) is 12.7 Å². The lowest BCUT2D eigenvalue weighted by atomic mass is 10.3. The first-order valence-corrected chi connectivity index (χ1v) is 5.56. The van der Waals surface area contributed by atoms with Crippen LogP contribution in [-0.4, -0.2) is 16.4 Å². The molecule has 1 rings (SSSR count). The van der Waals surface area contributed by atoms with E-state index in [0.717, 1.165) is 12.2 Å². The van der Waals surface area contributed by atoms with Gasteiger partial charge in [0, 0.05) is 0 Å². The fraction of sp³-hybridized carbons (Fsp3) is 0.714. The van der Waals surface area contributed by atoms with Crippen LogP contribution in [-0.2, 0) is 5.75 Å². The summed E-state index contributed by atoms with van der Waals surface area (Å²) in [6.45, 7) is 1.99. The molecule has 0 radical (unpaired) electrons. The minimum atomic E-state index is -0.121. The third-order valence-corrected chi connectivity index (χ3v) is 2.43.